The van der Waals surface area contributed by atoms with Crippen LogP contribution in [0.25, 0.3) is 22.3 Å². The van der Waals surface area contributed by atoms with Gasteiger partial charge in [0, 0.05) is 52.3 Å². The summed E-state index contributed by atoms with van der Waals surface area (Å²) in [7, 11) is -1.21. The summed E-state index contributed by atoms with van der Waals surface area (Å²) in [6, 6.07) is 9.17. The number of carbonyl (C=O) groups is 1. The highest BCUT2D eigenvalue weighted by molar-refractivity contribution is 6.76. The molecule has 1 saturated carbocycles. The van der Waals surface area contributed by atoms with Crippen molar-refractivity contribution in [2.24, 2.45) is 0 Å². The van der Waals surface area contributed by atoms with Crippen molar-refractivity contribution in [2.45, 2.75) is 84.2 Å². The van der Waals surface area contributed by atoms with Gasteiger partial charge in [-0.2, -0.15) is 5.10 Å². The van der Waals surface area contributed by atoms with Gasteiger partial charge in [-0.3, -0.25) is 0 Å². The largest absolute Gasteiger partial charge is 0.488 e. The molecule has 10 nitrogen and oxygen atoms in total. The molecule has 0 radical (unpaired) electrons. The van der Waals surface area contributed by atoms with E-state index in [2.05, 4.69) is 47.5 Å². The number of amides is 1. The number of anilines is 1. The fourth-order valence-electron chi connectivity index (χ4n) is 4.72. The van der Waals surface area contributed by atoms with E-state index in [1.165, 1.54) is 0 Å². The predicted octanol–water partition coefficient (Wildman–Crippen LogP) is 5.79. The first kappa shape index (κ1) is 29.3. The van der Waals surface area contributed by atoms with E-state index in [4.69, 9.17) is 19.3 Å². The van der Waals surface area contributed by atoms with Gasteiger partial charge in [0.15, 0.2) is 0 Å². The van der Waals surface area contributed by atoms with E-state index in [1.807, 2.05) is 43.7 Å². The van der Waals surface area contributed by atoms with E-state index < -0.39 is 13.7 Å². The number of carbonyl (C=O) groups excluding carboxylic acids is 1. The lowest BCUT2D eigenvalue weighted by Crippen LogP contribution is -2.50. The molecule has 2 fully saturated rings. The van der Waals surface area contributed by atoms with Gasteiger partial charge in [-0.1, -0.05) is 19.6 Å². The molecule has 222 valence electrons. The molecule has 0 atom stereocenters. The summed E-state index contributed by atoms with van der Waals surface area (Å²) in [5.74, 6) is 1.66. The maximum absolute atomic E-state index is 12.5. The lowest BCUT2D eigenvalue weighted by molar-refractivity contribution is 0.0240. The second-order valence-electron chi connectivity index (χ2n) is 13.6. The van der Waals surface area contributed by atoms with Crippen LogP contribution in [0.4, 0.5) is 10.6 Å². The fourth-order valence-corrected chi connectivity index (χ4v) is 5.48. The number of benzene rings is 1. The summed E-state index contributed by atoms with van der Waals surface area (Å²) in [6.45, 7) is 18.4. The monoisotopic (exact) mass is 580 g/mol. The van der Waals surface area contributed by atoms with Gasteiger partial charge in [-0.15, -0.1) is 0 Å². The van der Waals surface area contributed by atoms with Crippen molar-refractivity contribution < 1.29 is 19.0 Å². The van der Waals surface area contributed by atoms with Crippen molar-refractivity contribution in [2.75, 3.05) is 37.7 Å². The molecule has 0 unspecified atom stereocenters. The van der Waals surface area contributed by atoms with Gasteiger partial charge in [0.05, 0.1) is 16.9 Å². The fraction of sp³-hybridized carbons (Fsp3) is 0.600. The van der Waals surface area contributed by atoms with Crippen molar-refractivity contribution in [3.8, 4) is 17.1 Å². The Bertz CT molecular complexity index is 1380. The topological polar surface area (TPSA) is 94.8 Å². The smallest absolute Gasteiger partial charge is 0.410 e. The molecule has 2 aromatic heterocycles. The van der Waals surface area contributed by atoms with Crippen LogP contribution < -0.4 is 9.64 Å². The molecule has 0 spiro atoms. The number of nitrogens with zero attached hydrogens (tertiary/aromatic N) is 6. The average Bonchev–Trinajstić information content (AvgIpc) is 3.51. The minimum absolute atomic E-state index is 0.0761. The molecule has 0 bridgehead atoms. The van der Waals surface area contributed by atoms with Gasteiger partial charge in [-0.25, -0.2) is 19.4 Å². The van der Waals surface area contributed by atoms with Crippen LogP contribution in [0.5, 0.6) is 5.75 Å². The van der Waals surface area contributed by atoms with E-state index in [-0.39, 0.29) is 11.7 Å². The molecule has 0 N–H and O–H groups in total. The van der Waals surface area contributed by atoms with Crippen LogP contribution in [0, 0.1) is 0 Å². The van der Waals surface area contributed by atoms with E-state index in [0.717, 1.165) is 52.7 Å². The number of fused-ring (bicyclic) bond motifs is 1. The molecule has 41 heavy (non-hydrogen) atoms. The summed E-state index contributed by atoms with van der Waals surface area (Å²) in [4.78, 5) is 25.7. The molecule has 1 amide bonds. The summed E-state index contributed by atoms with van der Waals surface area (Å²) >= 11 is 0. The zero-order valence-electron chi connectivity index (χ0n) is 25.6. The standard InChI is InChI=1S/C30H44N6O4Si/c1-29(2,3)40-28(37)35-14-12-34(13-15-35)26-19-25(31-20-32-26)27-23-18-22(39-30(4)10-11-30)8-9-24(23)33-36(27)21-38-16-17-41(5,6)7/h8-9,18-20H,10-17,21H2,1-7H3. The number of hydrogen-bond acceptors (Lipinski definition) is 8. The molecule has 2 aliphatic rings. The summed E-state index contributed by atoms with van der Waals surface area (Å²) < 4.78 is 19.9. The van der Waals surface area contributed by atoms with Gasteiger partial charge in [0.2, 0.25) is 0 Å². The lowest BCUT2D eigenvalue weighted by Gasteiger charge is -2.36. The zero-order valence-corrected chi connectivity index (χ0v) is 26.6. The Balaban J connectivity index is 1.39. The van der Waals surface area contributed by atoms with Crippen molar-refractivity contribution in [1.82, 2.24) is 24.6 Å². The maximum Gasteiger partial charge on any atom is 0.410 e. The van der Waals surface area contributed by atoms with Crippen LogP contribution in [0.1, 0.15) is 40.5 Å². The summed E-state index contributed by atoms with van der Waals surface area (Å²) in [5.41, 5.74) is 1.94. The molecule has 1 saturated heterocycles. The van der Waals surface area contributed by atoms with Gasteiger partial charge < -0.3 is 24.0 Å². The highest BCUT2D eigenvalue weighted by Gasteiger charge is 2.40. The Hall–Kier alpha value is -3.18. The van der Waals surface area contributed by atoms with Crippen LogP contribution in [0.15, 0.2) is 30.6 Å². The van der Waals surface area contributed by atoms with E-state index in [1.54, 1.807) is 11.2 Å². The van der Waals surface area contributed by atoms with Crippen molar-refractivity contribution in [3.63, 3.8) is 0 Å². The Morgan fingerprint density at radius 2 is 1.78 bits per heavy atom. The Labute approximate surface area is 244 Å². The first-order valence-corrected chi connectivity index (χ1v) is 18.3. The Kier molecular flexibility index (Phi) is 8.04. The number of hydrogen-bond donors (Lipinski definition) is 0. The summed E-state index contributed by atoms with van der Waals surface area (Å²) in [5, 5.41) is 5.86. The van der Waals surface area contributed by atoms with E-state index in [9.17, 15) is 4.79 Å². The second-order valence-corrected chi connectivity index (χ2v) is 19.3. The van der Waals surface area contributed by atoms with E-state index >= 15 is 0 Å². The number of aromatic nitrogens is 4. The zero-order chi connectivity index (χ0) is 29.4. The molecule has 1 aromatic carbocycles. The van der Waals surface area contributed by atoms with Crippen LogP contribution in [0.3, 0.4) is 0 Å². The summed E-state index contributed by atoms with van der Waals surface area (Å²) in [6.07, 6.45) is 3.46. The SMILES string of the molecule is CC(C)(C)OC(=O)N1CCN(c2cc(-c3c4cc(OC5(C)CC5)ccc4nn3COCC[Si](C)(C)C)ncn2)CC1. The number of ether oxygens (including phenoxy) is 3. The third-order valence-corrected chi connectivity index (χ3v) is 9.09. The molecule has 1 aliphatic carbocycles. The Morgan fingerprint density at radius 1 is 1.05 bits per heavy atom. The average molecular weight is 581 g/mol. The first-order valence-electron chi connectivity index (χ1n) is 14.6. The molecular formula is C30H44N6O4Si. The highest BCUT2D eigenvalue weighted by atomic mass is 28.3. The van der Waals surface area contributed by atoms with Gasteiger partial charge in [0.1, 0.15) is 35.8 Å². The van der Waals surface area contributed by atoms with Crippen molar-refractivity contribution in [1.29, 1.82) is 0 Å². The van der Waals surface area contributed by atoms with Crippen LogP contribution >= 0.6 is 0 Å². The number of rotatable bonds is 9. The molecule has 3 aromatic rings. The lowest BCUT2D eigenvalue weighted by atomic mass is 10.1. The normalized spacial score (nSPS) is 17.1. The van der Waals surface area contributed by atoms with Gasteiger partial charge in [0.25, 0.3) is 0 Å². The quantitative estimate of drug-likeness (QED) is 0.232. The van der Waals surface area contributed by atoms with Crippen molar-refractivity contribution >= 4 is 30.9 Å². The molecule has 11 heteroatoms. The second kappa shape index (κ2) is 11.2. The molecule has 3 heterocycles. The molecule has 1 aliphatic heterocycles. The van der Waals surface area contributed by atoms with Crippen molar-refractivity contribution in [3.05, 3.63) is 30.6 Å². The van der Waals surface area contributed by atoms with Gasteiger partial charge in [-0.05, 0) is 64.8 Å². The van der Waals surface area contributed by atoms with Crippen LogP contribution in [0.2, 0.25) is 25.7 Å². The minimum Gasteiger partial charge on any atom is -0.488 e. The van der Waals surface area contributed by atoms with E-state index in [0.29, 0.717) is 39.5 Å². The van der Waals surface area contributed by atoms with Crippen LogP contribution in [-0.2, 0) is 16.2 Å². The first-order chi connectivity index (χ1) is 19.3. The highest BCUT2D eigenvalue weighted by Crippen LogP contribution is 2.41. The minimum atomic E-state index is -1.21. The number of piperazine rings is 1. The van der Waals surface area contributed by atoms with Gasteiger partial charge >= 0.3 is 6.09 Å². The molecule has 5 rings (SSSR count). The van der Waals surface area contributed by atoms with Crippen LogP contribution in [-0.4, -0.2) is 82.8 Å². The Morgan fingerprint density at radius 3 is 2.44 bits per heavy atom. The third-order valence-electron chi connectivity index (χ3n) is 7.39. The third kappa shape index (κ3) is 7.56. The predicted molar refractivity (Wildman–Crippen MR) is 163 cm³/mol. The molecular weight excluding hydrogens is 536 g/mol. The maximum atomic E-state index is 12.5.